The minimum Gasteiger partial charge on any atom is -0.435 e. The van der Waals surface area contributed by atoms with Crippen LogP contribution in [0.5, 0.6) is 0 Å². The van der Waals surface area contributed by atoms with E-state index in [1.54, 1.807) is 0 Å². The van der Waals surface area contributed by atoms with Crippen LogP contribution < -0.4 is 5.73 Å². The minimum atomic E-state index is -2.58. The summed E-state index contributed by atoms with van der Waals surface area (Å²) < 4.78 is 54.8. The molecule has 0 bridgehead atoms. The number of nitrogens with two attached hydrogens (primary N) is 1. The lowest BCUT2D eigenvalue weighted by Crippen LogP contribution is -2.12. The number of hydrogen-bond acceptors (Lipinski definition) is 5. The van der Waals surface area contributed by atoms with Gasteiger partial charge in [-0.2, -0.15) is 0 Å². The number of oxazole rings is 1. The largest absolute Gasteiger partial charge is 0.435 e. The Labute approximate surface area is 148 Å². The zero-order valence-electron chi connectivity index (χ0n) is 13.1. The Balaban J connectivity index is 2.10. The lowest BCUT2D eigenvalue weighted by Gasteiger charge is -2.01. The highest BCUT2D eigenvalue weighted by atomic mass is 32.2. The summed E-state index contributed by atoms with van der Waals surface area (Å²) in [6.07, 6.45) is 0. The fourth-order valence-corrected chi connectivity index (χ4v) is 2.91. The van der Waals surface area contributed by atoms with E-state index in [0.717, 1.165) is 12.1 Å². The number of nitrogens with zero attached hydrogens (tertiary/aromatic N) is 1. The zero-order chi connectivity index (χ0) is 18.8. The van der Waals surface area contributed by atoms with E-state index in [-0.39, 0.29) is 17.2 Å². The number of primary amides is 1. The van der Waals surface area contributed by atoms with Crippen molar-refractivity contribution >= 4 is 16.6 Å². The first-order valence-electron chi connectivity index (χ1n) is 7.33. The van der Waals surface area contributed by atoms with Gasteiger partial charge in [0.25, 0.3) is 5.91 Å². The SMILES string of the molecule is NC(=O)c1nc(-c2c(F)cccc2F)oc1-c1ccc(C[SH](=O)=O)cc1. The standard InChI is InChI=1S/C17H12F2N2O4S/c18-11-2-1-3-12(19)13(11)17-21-14(16(20)22)15(25-17)10-6-4-9(5-7-10)8-26(23)24/h1-7,26H,8H2,(H2,20,22). The number of halogens is 2. The third-order valence-corrected chi connectivity index (χ3v) is 4.19. The number of rotatable bonds is 5. The first kappa shape index (κ1) is 17.7. The zero-order valence-corrected chi connectivity index (χ0v) is 14.0. The molecular formula is C17H12F2N2O4S. The molecule has 0 radical (unpaired) electrons. The quantitative estimate of drug-likeness (QED) is 0.664. The van der Waals surface area contributed by atoms with Gasteiger partial charge in [-0.3, -0.25) is 4.79 Å². The summed E-state index contributed by atoms with van der Waals surface area (Å²) in [6.45, 7) is 0. The number of hydrogen-bond donors (Lipinski definition) is 2. The molecule has 3 aromatic rings. The smallest absolute Gasteiger partial charge is 0.271 e. The predicted octanol–water partition coefficient (Wildman–Crippen LogP) is 2.50. The maximum atomic E-state index is 13.9. The van der Waals surface area contributed by atoms with Crippen LogP contribution >= 0.6 is 0 Å². The molecule has 0 aliphatic heterocycles. The Hall–Kier alpha value is -3.07. The summed E-state index contributed by atoms with van der Waals surface area (Å²) in [5.41, 5.74) is 5.38. The van der Waals surface area contributed by atoms with Crippen molar-refractivity contribution in [3.8, 4) is 22.8 Å². The van der Waals surface area contributed by atoms with E-state index < -0.39 is 39.7 Å². The van der Waals surface area contributed by atoms with E-state index in [1.807, 2.05) is 0 Å². The highest BCUT2D eigenvalue weighted by Crippen LogP contribution is 2.32. The minimum absolute atomic E-state index is 0.0618. The van der Waals surface area contributed by atoms with Crippen molar-refractivity contribution in [2.45, 2.75) is 5.75 Å². The molecule has 134 valence electrons. The molecule has 0 saturated carbocycles. The van der Waals surface area contributed by atoms with E-state index in [4.69, 9.17) is 10.2 Å². The van der Waals surface area contributed by atoms with Gasteiger partial charge >= 0.3 is 0 Å². The van der Waals surface area contributed by atoms with E-state index in [1.165, 1.54) is 30.3 Å². The van der Waals surface area contributed by atoms with Gasteiger partial charge in [-0.05, 0) is 17.7 Å². The summed E-state index contributed by atoms with van der Waals surface area (Å²) >= 11 is 0. The average molecular weight is 378 g/mol. The summed E-state index contributed by atoms with van der Waals surface area (Å²) in [4.78, 5) is 15.5. The van der Waals surface area contributed by atoms with Gasteiger partial charge in [-0.15, -0.1) is 0 Å². The molecule has 0 fully saturated rings. The number of amides is 1. The molecule has 0 spiro atoms. The van der Waals surface area contributed by atoms with Crippen LogP contribution in [0.2, 0.25) is 0 Å². The second kappa shape index (κ2) is 7.04. The maximum absolute atomic E-state index is 13.9. The second-order valence-corrected chi connectivity index (χ2v) is 6.33. The Morgan fingerprint density at radius 2 is 1.69 bits per heavy atom. The average Bonchev–Trinajstić information content (AvgIpc) is 3.00. The van der Waals surface area contributed by atoms with Gasteiger partial charge in [0.15, 0.2) is 11.5 Å². The van der Waals surface area contributed by atoms with Crippen LogP contribution in [0.15, 0.2) is 46.9 Å². The first-order valence-corrected chi connectivity index (χ1v) is 8.69. The topological polar surface area (TPSA) is 103 Å². The lowest BCUT2D eigenvalue weighted by molar-refractivity contribution is 0.0996. The lowest BCUT2D eigenvalue weighted by atomic mass is 10.1. The molecule has 6 nitrogen and oxygen atoms in total. The van der Waals surface area contributed by atoms with Crippen LogP contribution in [0.1, 0.15) is 16.1 Å². The van der Waals surface area contributed by atoms with Gasteiger partial charge in [0.05, 0.1) is 5.75 Å². The summed E-state index contributed by atoms with van der Waals surface area (Å²) in [7, 11) is -2.58. The molecule has 2 aromatic carbocycles. The molecule has 3 rings (SSSR count). The summed E-state index contributed by atoms with van der Waals surface area (Å²) in [5, 5.41) is 0. The molecule has 0 aliphatic carbocycles. The molecule has 2 N–H and O–H groups in total. The Kier molecular flexibility index (Phi) is 4.81. The van der Waals surface area contributed by atoms with Crippen LogP contribution in [-0.4, -0.2) is 19.3 Å². The Bertz CT molecular complexity index is 1030. The molecule has 26 heavy (non-hydrogen) atoms. The molecule has 0 saturated heterocycles. The predicted molar refractivity (Wildman–Crippen MR) is 89.8 cm³/mol. The van der Waals surface area contributed by atoms with Crippen LogP contribution in [0.3, 0.4) is 0 Å². The number of aromatic nitrogens is 1. The Morgan fingerprint density at radius 3 is 2.23 bits per heavy atom. The summed E-state index contributed by atoms with van der Waals surface area (Å²) in [5.74, 6) is -3.35. The van der Waals surface area contributed by atoms with E-state index in [0.29, 0.717) is 11.1 Å². The molecule has 1 heterocycles. The van der Waals surface area contributed by atoms with Crippen LogP contribution in [0.25, 0.3) is 22.8 Å². The van der Waals surface area contributed by atoms with Crippen molar-refractivity contribution in [3.63, 3.8) is 0 Å². The van der Waals surface area contributed by atoms with Crippen molar-refractivity contribution in [2.75, 3.05) is 0 Å². The van der Waals surface area contributed by atoms with Gasteiger partial charge in [-0.1, -0.05) is 30.3 Å². The third-order valence-electron chi connectivity index (χ3n) is 3.56. The number of carbonyl (C=O) groups is 1. The number of thiol groups is 1. The molecule has 0 aliphatic rings. The third kappa shape index (κ3) is 3.47. The van der Waals surface area contributed by atoms with Crippen LogP contribution in [0, 0.1) is 11.6 Å². The van der Waals surface area contributed by atoms with Crippen molar-refractivity contribution in [1.29, 1.82) is 0 Å². The molecule has 1 aromatic heterocycles. The second-order valence-electron chi connectivity index (χ2n) is 5.35. The van der Waals surface area contributed by atoms with Gasteiger partial charge in [0.2, 0.25) is 5.89 Å². The van der Waals surface area contributed by atoms with Gasteiger partial charge in [0.1, 0.15) is 27.9 Å². The summed E-state index contributed by atoms with van der Waals surface area (Å²) in [6, 6.07) is 9.31. The normalized spacial score (nSPS) is 11.0. The number of carbonyl (C=O) groups excluding carboxylic acids is 1. The molecular weight excluding hydrogens is 366 g/mol. The molecule has 0 atom stereocenters. The van der Waals surface area contributed by atoms with E-state index >= 15 is 0 Å². The van der Waals surface area contributed by atoms with Gasteiger partial charge in [-0.25, -0.2) is 22.2 Å². The Morgan fingerprint density at radius 1 is 1.08 bits per heavy atom. The van der Waals surface area contributed by atoms with E-state index in [9.17, 15) is 22.0 Å². The maximum Gasteiger partial charge on any atom is 0.271 e. The van der Waals surface area contributed by atoms with Gasteiger partial charge < -0.3 is 10.2 Å². The first-order chi connectivity index (χ1) is 12.4. The van der Waals surface area contributed by atoms with E-state index in [2.05, 4.69) is 4.98 Å². The van der Waals surface area contributed by atoms with Gasteiger partial charge in [0, 0.05) is 5.56 Å². The molecule has 1 amide bonds. The molecule has 9 heteroatoms. The van der Waals surface area contributed by atoms with Crippen LogP contribution in [0.4, 0.5) is 8.78 Å². The van der Waals surface area contributed by atoms with Crippen molar-refractivity contribution in [2.24, 2.45) is 5.73 Å². The number of benzene rings is 2. The van der Waals surface area contributed by atoms with Crippen molar-refractivity contribution < 1.29 is 26.4 Å². The highest BCUT2D eigenvalue weighted by Gasteiger charge is 2.24. The fraction of sp³-hybridized carbons (Fsp3) is 0.0588. The van der Waals surface area contributed by atoms with Crippen LogP contribution in [-0.2, 0) is 16.5 Å². The monoisotopic (exact) mass is 378 g/mol. The fourth-order valence-electron chi connectivity index (χ4n) is 2.40. The highest BCUT2D eigenvalue weighted by molar-refractivity contribution is 7.71. The van der Waals surface area contributed by atoms with Crippen molar-refractivity contribution in [1.82, 2.24) is 4.98 Å². The molecule has 0 unspecified atom stereocenters. The van der Waals surface area contributed by atoms with Crippen molar-refractivity contribution in [3.05, 3.63) is 65.4 Å².